The Morgan fingerprint density at radius 2 is 2.08 bits per heavy atom. The van der Waals surface area contributed by atoms with Crippen LogP contribution < -0.4 is 10.6 Å². The summed E-state index contributed by atoms with van der Waals surface area (Å²) in [4.78, 5) is 29.0. The van der Waals surface area contributed by atoms with Crippen molar-refractivity contribution in [1.29, 1.82) is 0 Å². The molecule has 0 aliphatic heterocycles. The van der Waals surface area contributed by atoms with Crippen molar-refractivity contribution >= 4 is 23.2 Å². The van der Waals surface area contributed by atoms with Crippen LogP contribution in [-0.4, -0.2) is 23.3 Å². The van der Waals surface area contributed by atoms with Gasteiger partial charge in [0.1, 0.15) is 11.5 Å². The van der Waals surface area contributed by atoms with Crippen molar-refractivity contribution in [2.45, 2.75) is 19.9 Å². The minimum atomic E-state index is -0.291. The number of rotatable bonds is 7. The number of aryl methyl sites for hydroxylation is 1. The average molecular weight is 359 g/mol. The average Bonchev–Trinajstić information content (AvgIpc) is 3.34. The zero-order chi connectivity index (χ0) is 17.6. The number of thiophene rings is 1. The zero-order valence-corrected chi connectivity index (χ0v) is 14.4. The van der Waals surface area contributed by atoms with Crippen molar-refractivity contribution in [3.05, 3.63) is 53.1 Å². The van der Waals surface area contributed by atoms with Crippen LogP contribution >= 0.6 is 11.3 Å². The molecule has 0 aliphatic carbocycles. The lowest BCUT2D eigenvalue weighted by molar-refractivity contribution is -0.125. The van der Waals surface area contributed by atoms with Gasteiger partial charge < -0.3 is 19.5 Å². The summed E-state index contributed by atoms with van der Waals surface area (Å²) in [5.41, 5.74) is 0.567. The highest BCUT2D eigenvalue weighted by Crippen LogP contribution is 2.25. The van der Waals surface area contributed by atoms with Crippen LogP contribution in [-0.2, 0) is 22.6 Å². The molecule has 3 rings (SSSR count). The molecule has 2 amide bonds. The maximum Gasteiger partial charge on any atom is 0.239 e. The van der Waals surface area contributed by atoms with Gasteiger partial charge in [0.15, 0.2) is 0 Å². The third-order valence-corrected chi connectivity index (χ3v) is 4.30. The van der Waals surface area contributed by atoms with E-state index in [0.29, 0.717) is 23.1 Å². The SMILES string of the molecule is Cc1oc(-c2cccs2)nc1CC(=O)NCC(=O)NCc1ccco1. The van der Waals surface area contributed by atoms with Gasteiger partial charge in [0.25, 0.3) is 0 Å². The Balaban J connectivity index is 1.47. The molecular weight excluding hydrogens is 342 g/mol. The number of aromatic nitrogens is 1. The normalized spacial score (nSPS) is 10.6. The number of nitrogens with one attached hydrogen (secondary N) is 2. The molecule has 0 saturated carbocycles. The molecule has 0 bridgehead atoms. The molecule has 7 nitrogen and oxygen atoms in total. The molecule has 0 atom stereocenters. The number of carbonyl (C=O) groups excluding carboxylic acids is 2. The van der Waals surface area contributed by atoms with E-state index in [4.69, 9.17) is 8.83 Å². The first-order valence-electron chi connectivity index (χ1n) is 7.68. The fourth-order valence-electron chi connectivity index (χ4n) is 2.15. The fraction of sp³-hybridized carbons (Fsp3) is 0.235. The number of amides is 2. The summed E-state index contributed by atoms with van der Waals surface area (Å²) in [6.07, 6.45) is 1.60. The summed E-state index contributed by atoms with van der Waals surface area (Å²) in [7, 11) is 0. The monoisotopic (exact) mass is 359 g/mol. The fourth-order valence-corrected chi connectivity index (χ4v) is 2.80. The minimum absolute atomic E-state index is 0.0617. The third-order valence-electron chi connectivity index (χ3n) is 3.44. The first-order valence-corrected chi connectivity index (χ1v) is 8.56. The second-order valence-electron chi connectivity index (χ2n) is 5.31. The predicted octanol–water partition coefficient (Wildman–Crippen LogP) is 2.28. The molecule has 0 radical (unpaired) electrons. The molecule has 0 aliphatic rings. The highest BCUT2D eigenvalue weighted by molar-refractivity contribution is 7.13. The van der Waals surface area contributed by atoms with E-state index in [0.717, 1.165) is 4.88 Å². The van der Waals surface area contributed by atoms with Gasteiger partial charge in [-0.05, 0) is 30.5 Å². The topological polar surface area (TPSA) is 97.4 Å². The van der Waals surface area contributed by atoms with Crippen LogP contribution in [0, 0.1) is 6.92 Å². The number of furan rings is 1. The minimum Gasteiger partial charge on any atom is -0.467 e. The smallest absolute Gasteiger partial charge is 0.239 e. The van der Waals surface area contributed by atoms with Crippen molar-refractivity contribution in [2.75, 3.05) is 6.54 Å². The lowest BCUT2D eigenvalue weighted by atomic mass is 10.2. The van der Waals surface area contributed by atoms with Gasteiger partial charge in [-0.1, -0.05) is 6.07 Å². The van der Waals surface area contributed by atoms with Gasteiger partial charge >= 0.3 is 0 Å². The van der Waals surface area contributed by atoms with E-state index in [1.165, 1.54) is 17.6 Å². The van der Waals surface area contributed by atoms with Crippen LogP contribution in [0.25, 0.3) is 10.8 Å². The Kier molecular flexibility index (Phi) is 5.30. The van der Waals surface area contributed by atoms with E-state index in [1.807, 2.05) is 17.5 Å². The van der Waals surface area contributed by atoms with Crippen LogP contribution in [0.3, 0.4) is 0 Å². The van der Waals surface area contributed by atoms with Gasteiger partial charge in [-0.15, -0.1) is 11.3 Å². The van der Waals surface area contributed by atoms with Crippen LogP contribution in [0.4, 0.5) is 0 Å². The van der Waals surface area contributed by atoms with Gasteiger partial charge in [-0.3, -0.25) is 9.59 Å². The second kappa shape index (κ2) is 7.80. The maximum absolute atomic E-state index is 12.0. The molecule has 0 aromatic carbocycles. The largest absolute Gasteiger partial charge is 0.467 e. The molecule has 0 spiro atoms. The van der Waals surface area contributed by atoms with Crippen LogP contribution in [0.15, 0.2) is 44.7 Å². The second-order valence-corrected chi connectivity index (χ2v) is 6.26. The molecule has 8 heteroatoms. The molecule has 0 fully saturated rings. The highest BCUT2D eigenvalue weighted by atomic mass is 32.1. The van der Waals surface area contributed by atoms with Crippen LogP contribution in [0.1, 0.15) is 17.2 Å². The lowest BCUT2D eigenvalue weighted by Crippen LogP contribution is -2.37. The van der Waals surface area contributed by atoms with Crippen molar-refractivity contribution in [1.82, 2.24) is 15.6 Å². The first kappa shape index (κ1) is 17.0. The van der Waals surface area contributed by atoms with E-state index in [1.54, 1.807) is 19.1 Å². The number of carbonyl (C=O) groups is 2. The van der Waals surface area contributed by atoms with Gasteiger partial charge in [-0.25, -0.2) is 4.98 Å². The molecule has 2 N–H and O–H groups in total. The van der Waals surface area contributed by atoms with E-state index in [2.05, 4.69) is 15.6 Å². The van der Waals surface area contributed by atoms with Crippen LogP contribution in [0.2, 0.25) is 0 Å². The number of hydrogen-bond donors (Lipinski definition) is 2. The quantitative estimate of drug-likeness (QED) is 0.674. The highest BCUT2D eigenvalue weighted by Gasteiger charge is 2.15. The number of nitrogens with zero attached hydrogens (tertiary/aromatic N) is 1. The number of hydrogen-bond acceptors (Lipinski definition) is 6. The standard InChI is InChI=1S/C17H17N3O4S/c1-11-13(20-17(24-11)14-5-3-7-25-14)8-15(21)19-10-16(22)18-9-12-4-2-6-23-12/h2-7H,8-10H2,1H3,(H,18,22)(H,19,21). The third kappa shape index (κ3) is 4.57. The summed E-state index contributed by atoms with van der Waals surface area (Å²) in [5.74, 6) is 1.18. The lowest BCUT2D eigenvalue weighted by Gasteiger charge is -2.05. The zero-order valence-electron chi connectivity index (χ0n) is 13.6. The summed E-state index contributed by atoms with van der Waals surface area (Å²) in [6.45, 7) is 1.95. The molecule has 130 valence electrons. The molecular formula is C17H17N3O4S. The molecule has 3 heterocycles. The Labute approximate surface area is 148 Å². The van der Waals surface area contributed by atoms with Gasteiger partial charge in [0, 0.05) is 0 Å². The van der Waals surface area contributed by atoms with E-state index < -0.39 is 0 Å². The summed E-state index contributed by atoms with van der Waals surface area (Å²) in [5, 5.41) is 7.16. The molecule has 0 saturated heterocycles. The molecule has 0 unspecified atom stereocenters. The molecule has 3 aromatic rings. The van der Waals surface area contributed by atoms with Gasteiger partial charge in [0.2, 0.25) is 17.7 Å². The summed E-state index contributed by atoms with van der Waals surface area (Å²) >= 11 is 1.52. The van der Waals surface area contributed by atoms with Crippen molar-refractivity contribution < 1.29 is 18.4 Å². The summed E-state index contributed by atoms with van der Waals surface area (Å²) < 4.78 is 10.7. The van der Waals surface area contributed by atoms with E-state index >= 15 is 0 Å². The van der Waals surface area contributed by atoms with Crippen LogP contribution in [0.5, 0.6) is 0 Å². The van der Waals surface area contributed by atoms with Crippen molar-refractivity contribution in [3.63, 3.8) is 0 Å². The number of oxazole rings is 1. The Morgan fingerprint density at radius 1 is 1.20 bits per heavy atom. The van der Waals surface area contributed by atoms with Gasteiger partial charge in [-0.2, -0.15) is 0 Å². The molecule has 25 heavy (non-hydrogen) atoms. The Hall–Kier alpha value is -2.87. The molecule has 3 aromatic heterocycles. The first-order chi connectivity index (χ1) is 12.1. The van der Waals surface area contributed by atoms with E-state index in [-0.39, 0.29) is 31.3 Å². The predicted molar refractivity (Wildman–Crippen MR) is 91.8 cm³/mol. The van der Waals surface area contributed by atoms with Crippen molar-refractivity contribution in [2.24, 2.45) is 0 Å². The Bertz CT molecular complexity index is 838. The summed E-state index contributed by atoms with van der Waals surface area (Å²) in [6, 6.07) is 7.32. The Morgan fingerprint density at radius 3 is 2.80 bits per heavy atom. The van der Waals surface area contributed by atoms with Gasteiger partial charge in [0.05, 0.1) is 36.3 Å². The van der Waals surface area contributed by atoms with Crippen molar-refractivity contribution in [3.8, 4) is 10.8 Å². The van der Waals surface area contributed by atoms with E-state index in [9.17, 15) is 9.59 Å². The maximum atomic E-state index is 12.0.